The molecule has 1 fully saturated rings. The standard InChI is InChI=1S/C25H33N3O3/c1-17-13-18(2)24(19(3)14-17)27-23(29)16-28(4)25(30)26-15-20-9-5-8-12-22(20)31-21-10-6-7-11-21/h5,8-9,12-14,21H,6-7,10-11,15-16H2,1-4H3,(H,26,30)(H,27,29). The summed E-state index contributed by atoms with van der Waals surface area (Å²) in [4.78, 5) is 26.4. The van der Waals surface area contributed by atoms with E-state index in [0.29, 0.717) is 6.54 Å². The molecule has 3 amide bonds. The van der Waals surface area contributed by atoms with Crippen molar-refractivity contribution < 1.29 is 14.3 Å². The van der Waals surface area contributed by atoms with Crippen LogP contribution in [0.5, 0.6) is 5.75 Å². The van der Waals surface area contributed by atoms with Gasteiger partial charge in [-0.05, 0) is 63.6 Å². The molecule has 0 aromatic heterocycles. The molecule has 2 N–H and O–H groups in total. The van der Waals surface area contributed by atoms with Crippen LogP contribution < -0.4 is 15.4 Å². The predicted octanol–water partition coefficient (Wildman–Crippen LogP) is 4.71. The van der Waals surface area contributed by atoms with E-state index in [1.54, 1.807) is 7.05 Å². The fourth-order valence-electron chi connectivity index (χ4n) is 4.10. The molecule has 2 aromatic carbocycles. The summed E-state index contributed by atoms with van der Waals surface area (Å²) in [5, 5.41) is 5.82. The van der Waals surface area contributed by atoms with Crippen LogP contribution in [-0.2, 0) is 11.3 Å². The highest BCUT2D eigenvalue weighted by Gasteiger charge is 2.19. The van der Waals surface area contributed by atoms with E-state index in [1.807, 2.05) is 57.2 Å². The highest BCUT2D eigenvalue weighted by molar-refractivity contribution is 5.95. The van der Waals surface area contributed by atoms with E-state index >= 15 is 0 Å². The van der Waals surface area contributed by atoms with Crippen molar-refractivity contribution in [2.45, 2.75) is 59.1 Å². The van der Waals surface area contributed by atoms with Crippen molar-refractivity contribution >= 4 is 17.6 Å². The summed E-state index contributed by atoms with van der Waals surface area (Å²) in [7, 11) is 1.62. The summed E-state index contributed by atoms with van der Waals surface area (Å²) in [5.41, 5.74) is 4.92. The lowest BCUT2D eigenvalue weighted by Crippen LogP contribution is -2.41. The molecule has 1 aliphatic carbocycles. The van der Waals surface area contributed by atoms with Crippen molar-refractivity contribution in [1.82, 2.24) is 10.2 Å². The quantitative estimate of drug-likeness (QED) is 0.677. The highest BCUT2D eigenvalue weighted by Crippen LogP contribution is 2.26. The second-order valence-electron chi connectivity index (χ2n) is 8.47. The lowest BCUT2D eigenvalue weighted by molar-refractivity contribution is -0.116. The Morgan fingerprint density at radius 2 is 1.71 bits per heavy atom. The number of hydrogen-bond acceptors (Lipinski definition) is 3. The summed E-state index contributed by atoms with van der Waals surface area (Å²) in [6.07, 6.45) is 4.84. The maximum absolute atomic E-state index is 12.5. The number of nitrogens with zero attached hydrogens (tertiary/aromatic N) is 1. The minimum absolute atomic E-state index is 0.0290. The zero-order valence-corrected chi connectivity index (χ0v) is 19.0. The van der Waals surface area contributed by atoms with Crippen LogP contribution in [0.4, 0.5) is 10.5 Å². The third-order valence-corrected chi connectivity index (χ3v) is 5.67. The minimum atomic E-state index is -0.303. The van der Waals surface area contributed by atoms with Gasteiger partial charge in [0.1, 0.15) is 12.3 Å². The number of aryl methyl sites for hydroxylation is 3. The third kappa shape index (κ3) is 6.23. The molecule has 31 heavy (non-hydrogen) atoms. The lowest BCUT2D eigenvalue weighted by Gasteiger charge is -2.20. The first-order valence-electron chi connectivity index (χ1n) is 10.9. The van der Waals surface area contributed by atoms with Crippen molar-refractivity contribution in [2.24, 2.45) is 0 Å². The van der Waals surface area contributed by atoms with Crippen LogP contribution >= 0.6 is 0 Å². The van der Waals surface area contributed by atoms with Crippen LogP contribution in [-0.4, -0.2) is 36.5 Å². The molecular weight excluding hydrogens is 390 g/mol. The number of carbonyl (C=O) groups is 2. The maximum Gasteiger partial charge on any atom is 0.317 e. The molecule has 0 bridgehead atoms. The fourth-order valence-corrected chi connectivity index (χ4v) is 4.10. The van der Waals surface area contributed by atoms with Gasteiger partial charge < -0.3 is 20.3 Å². The van der Waals surface area contributed by atoms with Gasteiger partial charge in [-0.2, -0.15) is 0 Å². The lowest BCUT2D eigenvalue weighted by atomic mass is 10.1. The van der Waals surface area contributed by atoms with Crippen LogP contribution in [0.25, 0.3) is 0 Å². The van der Waals surface area contributed by atoms with E-state index < -0.39 is 0 Å². The number of rotatable bonds is 7. The van der Waals surface area contributed by atoms with Gasteiger partial charge >= 0.3 is 6.03 Å². The van der Waals surface area contributed by atoms with Crippen LogP contribution in [0, 0.1) is 20.8 Å². The molecule has 0 spiro atoms. The molecule has 0 saturated heterocycles. The molecule has 1 saturated carbocycles. The second kappa shape index (κ2) is 10.3. The Hall–Kier alpha value is -3.02. The van der Waals surface area contributed by atoms with Gasteiger partial charge in [0, 0.05) is 24.8 Å². The van der Waals surface area contributed by atoms with Crippen molar-refractivity contribution in [1.29, 1.82) is 0 Å². The Morgan fingerprint density at radius 3 is 2.39 bits per heavy atom. The zero-order chi connectivity index (χ0) is 22.4. The zero-order valence-electron chi connectivity index (χ0n) is 19.0. The second-order valence-corrected chi connectivity index (χ2v) is 8.47. The molecule has 0 unspecified atom stereocenters. The SMILES string of the molecule is Cc1cc(C)c(NC(=O)CN(C)C(=O)NCc2ccccc2OC2CCCC2)c(C)c1. The monoisotopic (exact) mass is 423 g/mol. The van der Waals surface area contributed by atoms with Crippen LogP contribution in [0.3, 0.4) is 0 Å². The Labute approximate surface area is 185 Å². The summed E-state index contributed by atoms with van der Waals surface area (Å²) >= 11 is 0. The van der Waals surface area contributed by atoms with E-state index in [2.05, 4.69) is 10.6 Å². The Kier molecular flexibility index (Phi) is 7.55. The van der Waals surface area contributed by atoms with E-state index in [1.165, 1.54) is 17.7 Å². The summed E-state index contributed by atoms with van der Waals surface area (Å²) in [5.74, 6) is 0.595. The average Bonchev–Trinajstić information content (AvgIpc) is 3.23. The smallest absolute Gasteiger partial charge is 0.317 e. The van der Waals surface area contributed by atoms with Crippen LogP contribution in [0.1, 0.15) is 47.9 Å². The van der Waals surface area contributed by atoms with Gasteiger partial charge in [-0.3, -0.25) is 4.79 Å². The number of hydrogen-bond donors (Lipinski definition) is 2. The molecule has 1 aliphatic rings. The number of para-hydroxylation sites is 1. The number of amides is 3. The van der Waals surface area contributed by atoms with Crippen molar-refractivity contribution in [3.05, 3.63) is 58.7 Å². The molecule has 0 aliphatic heterocycles. The van der Waals surface area contributed by atoms with Gasteiger partial charge in [-0.25, -0.2) is 4.79 Å². The first-order valence-corrected chi connectivity index (χ1v) is 10.9. The van der Waals surface area contributed by atoms with Gasteiger partial charge in [0.2, 0.25) is 5.91 Å². The van der Waals surface area contributed by atoms with Gasteiger partial charge in [0.25, 0.3) is 0 Å². The minimum Gasteiger partial charge on any atom is -0.490 e. The first-order chi connectivity index (χ1) is 14.8. The average molecular weight is 424 g/mol. The number of nitrogens with one attached hydrogen (secondary N) is 2. The van der Waals surface area contributed by atoms with E-state index in [4.69, 9.17) is 4.74 Å². The highest BCUT2D eigenvalue weighted by atomic mass is 16.5. The summed E-state index contributed by atoms with van der Waals surface area (Å²) in [6.45, 7) is 6.29. The molecule has 2 aromatic rings. The molecular formula is C25H33N3O3. The molecule has 0 radical (unpaired) electrons. The van der Waals surface area contributed by atoms with E-state index in [-0.39, 0.29) is 24.6 Å². The number of ether oxygens (including phenoxy) is 1. The van der Waals surface area contributed by atoms with Crippen molar-refractivity contribution in [3.63, 3.8) is 0 Å². The largest absolute Gasteiger partial charge is 0.490 e. The summed E-state index contributed by atoms with van der Waals surface area (Å²) in [6, 6.07) is 11.5. The molecule has 6 nitrogen and oxygen atoms in total. The molecule has 166 valence electrons. The number of carbonyl (C=O) groups excluding carboxylic acids is 2. The molecule has 6 heteroatoms. The van der Waals surface area contributed by atoms with Gasteiger partial charge in [0.05, 0.1) is 6.10 Å². The Balaban J connectivity index is 1.52. The van der Waals surface area contributed by atoms with E-state index in [9.17, 15) is 9.59 Å². The number of anilines is 1. The molecule has 0 atom stereocenters. The van der Waals surface area contributed by atoms with Crippen molar-refractivity contribution in [2.75, 3.05) is 18.9 Å². The van der Waals surface area contributed by atoms with E-state index in [0.717, 1.165) is 46.5 Å². The Bertz CT molecular complexity index is 912. The number of benzene rings is 2. The van der Waals surface area contributed by atoms with Gasteiger partial charge in [0.15, 0.2) is 0 Å². The first kappa shape index (κ1) is 22.7. The maximum atomic E-state index is 12.5. The number of urea groups is 1. The molecule has 3 rings (SSSR count). The van der Waals surface area contributed by atoms with Gasteiger partial charge in [-0.15, -0.1) is 0 Å². The van der Waals surface area contributed by atoms with Crippen molar-refractivity contribution in [3.8, 4) is 5.75 Å². The molecule has 0 heterocycles. The van der Waals surface area contributed by atoms with Crippen LogP contribution in [0.2, 0.25) is 0 Å². The predicted molar refractivity (Wildman–Crippen MR) is 123 cm³/mol. The third-order valence-electron chi connectivity index (χ3n) is 5.67. The fraction of sp³-hybridized carbons (Fsp3) is 0.440. The summed E-state index contributed by atoms with van der Waals surface area (Å²) < 4.78 is 6.13. The Morgan fingerprint density at radius 1 is 1.06 bits per heavy atom. The topological polar surface area (TPSA) is 70.7 Å². The number of likely N-dealkylation sites (N-methyl/N-ethyl adjacent to an activating group) is 1. The van der Waals surface area contributed by atoms with Gasteiger partial charge in [-0.1, -0.05) is 35.9 Å². The van der Waals surface area contributed by atoms with Crippen LogP contribution in [0.15, 0.2) is 36.4 Å². The normalized spacial score (nSPS) is 13.7.